The van der Waals surface area contributed by atoms with Crippen LogP contribution in [0.4, 0.5) is 17.1 Å². The lowest BCUT2D eigenvalue weighted by Crippen LogP contribution is -2.24. The van der Waals surface area contributed by atoms with Crippen LogP contribution in [0.25, 0.3) is 63.8 Å². The van der Waals surface area contributed by atoms with Crippen LogP contribution in [0, 0.1) is 0 Å². The Hall–Kier alpha value is -5.88. The zero-order valence-electron chi connectivity index (χ0n) is 33.9. The van der Waals surface area contributed by atoms with Gasteiger partial charge in [-0.1, -0.05) is 107 Å². The average Bonchev–Trinajstić information content (AvgIpc) is 4.05. The molecule has 0 radical (unpaired) electrons. The molecule has 59 heavy (non-hydrogen) atoms. The van der Waals surface area contributed by atoms with Crippen molar-refractivity contribution in [3.63, 3.8) is 0 Å². The molecule has 9 aromatic rings. The maximum Gasteiger partial charge on any atom is 0.124 e. The second-order valence-electron chi connectivity index (χ2n) is 16.2. The molecule has 0 N–H and O–H groups in total. The Morgan fingerprint density at radius 3 is 1.22 bits per heavy atom. The molecular weight excluding hydrogens is 755 g/mol. The van der Waals surface area contributed by atoms with Gasteiger partial charge in [0.2, 0.25) is 0 Å². The van der Waals surface area contributed by atoms with Crippen molar-refractivity contribution in [3.05, 3.63) is 174 Å². The Balaban J connectivity index is 1.03. The normalized spacial score (nSPS) is 14.3. The Kier molecular flexibility index (Phi) is 8.51. The summed E-state index contributed by atoms with van der Waals surface area (Å²) >= 11 is 3.57. The summed E-state index contributed by atoms with van der Waals surface area (Å²) in [6.45, 7) is 9.46. The Labute approximate surface area is 354 Å². The third-order valence-corrected chi connectivity index (χ3v) is 15.9. The largest absolute Gasteiger partial charge is 0.310 e. The predicted octanol–water partition coefficient (Wildman–Crippen LogP) is 15.9. The highest BCUT2D eigenvalue weighted by molar-refractivity contribution is 7.22. The molecule has 0 atom stereocenters. The molecule has 0 amide bonds. The van der Waals surface area contributed by atoms with Crippen LogP contribution in [-0.2, 0) is 10.8 Å². The fourth-order valence-electron chi connectivity index (χ4n) is 10.5. The van der Waals surface area contributed by atoms with Gasteiger partial charge in [-0.05, 0) is 143 Å². The lowest BCUT2D eigenvalue weighted by Gasteiger charge is -2.33. The van der Waals surface area contributed by atoms with Crippen LogP contribution < -0.4 is 4.90 Å². The van der Waals surface area contributed by atoms with Crippen molar-refractivity contribution < 1.29 is 0 Å². The van der Waals surface area contributed by atoms with Gasteiger partial charge in [0.05, 0.1) is 20.4 Å². The number of nitrogens with zero attached hydrogens (tertiary/aromatic N) is 3. The van der Waals surface area contributed by atoms with Crippen LogP contribution in [0.1, 0.15) is 75.6 Å². The first-order chi connectivity index (χ1) is 29.0. The minimum absolute atomic E-state index is 0.101. The fourth-order valence-corrected chi connectivity index (χ4v) is 12.5. The molecule has 2 aromatic heterocycles. The monoisotopic (exact) mass is 799 g/mol. The smallest absolute Gasteiger partial charge is 0.124 e. The molecule has 0 unspecified atom stereocenters. The number of rotatable bonds is 9. The highest BCUT2D eigenvalue weighted by Crippen LogP contribution is 2.57. The quantitative estimate of drug-likeness (QED) is 0.146. The summed E-state index contributed by atoms with van der Waals surface area (Å²) in [4.78, 5) is 12.6. The van der Waals surface area contributed by atoms with Gasteiger partial charge < -0.3 is 4.90 Å². The summed E-state index contributed by atoms with van der Waals surface area (Å²) in [5.41, 5.74) is 19.0. The van der Waals surface area contributed by atoms with Gasteiger partial charge in [-0.3, -0.25) is 0 Å². The first-order valence-electron chi connectivity index (χ1n) is 21.1. The van der Waals surface area contributed by atoms with Gasteiger partial charge in [-0.15, -0.1) is 22.7 Å². The van der Waals surface area contributed by atoms with Crippen molar-refractivity contribution in [1.82, 2.24) is 9.97 Å². The molecule has 0 spiro atoms. The number of hydrogen-bond donors (Lipinski definition) is 0. The van der Waals surface area contributed by atoms with E-state index >= 15 is 0 Å². The van der Waals surface area contributed by atoms with E-state index in [-0.39, 0.29) is 10.8 Å². The molecule has 0 bridgehead atoms. The van der Waals surface area contributed by atoms with E-state index in [9.17, 15) is 0 Å². The third kappa shape index (κ3) is 5.37. The molecule has 0 aliphatic heterocycles. The van der Waals surface area contributed by atoms with Crippen molar-refractivity contribution in [1.29, 1.82) is 0 Å². The van der Waals surface area contributed by atoms with Crippen molar-refractivity contribution in [3.8, 4) is 43.4 Å². The topological polar surface area (TPSA) is 29.0 Å². The molecule has 288 valence electrons. The number of fused-ring (bicyclic) bond motifs is 8. The molecule has 5 heteroatoms. The van der Waals surface area contributed by atoms with Gasteiger partial charge in [-0.25, -0.2) is 9.97 Å². The Morgan fingerprint density at radius 1 is 0.407 bits per heavy atom. The van der Waals surface area contributed by atoms with E-state index in [0.29, 0.717) is 0 Å². The number of para-hydroxylation sites is 3. The zero-order chi connectivity index (χ0) is 39.9. The lowest BCUT2D eigenvalue weighted by atomic mass is 9.73. The van der Waals surface area contributed by atoms with E-state index in [1.807, 2.05) is 0 Å². The van der Waals surface area contributed by atoms with Gasteiger partial charge in [0.1, 0.15) is 10.0 Å². The van der Waals surface area contributed by atoms with Crippen molar-refractivity contribution >= 4 is 60.2 Å². The Morgan fingerprint density at radius 2 is 0.797 bits per heavy atom. The van der Waals surface area contributed by atoms with Crippen molar-refractivity contribution in [2.75, 3.05) is 4.90 Å². The van der Waals surface area contributed by atoms with Crippen LogP contribution in [0.5, 0.6) is 0 Å². The van der Waals surface area contributed by atoms with Crippen LogP contribution in [0.3, 0.4) is 0 Å². The average molecular weight is 800 g/mol. The number of thiazole rings is 2. The van der Waals surface area contributed by atoms with Crippen LogP contribution >= 0.6 is 22.7 Å². The Bertz CT molecular complexity index is 2820. The maximum absolute atomic E-state index is 5.06. The van der Waals surface area contributed by atoms with Gasteiger partial charge in [0.25, 0.3) is 0 Å². The molecule has 2 aliphatic carbocycles. The van der Waals surface area contributed by atoms with Gasteiger partial charge in [0.15, 0.2) is 0 Å². The minimum atomic E-state index is -0.101. The summed E-state index contributed by atoms with van der Waals surface area (Å²) in [7, 11) is 0. The van der Waals surface area contributed by atoms with E-state index in [4.69, 9.17) is 9.97 Å². The van der Waals surface area contributed by atoms with Crippen molar-refractivity contribution in [2.24, 2.45) is 0 Å². The molecule has 2 heterocycles. The maximum atomic E-state index is 5.06. The fraction of sp³-hybridized carbons (Fsp3) is 0.185. The molecule has 3 nitrogen and oxygen atoms in total. The highest BCUT2D eigenvalue weighted by atomic mass is 32.1. The highest BCUT2D eigenvalue weighted by Gasteiger charge is 2.43. The molecule has 0 saturated heterocycles. The molecule has 0 fully saturated rings. The summed E-state index contributed by atoms with van der Waals surface area (Å²) in [6.07, 6.45) is 4.08. The van der Waals surface area contributed by atoms with Crippen molar-refractivity contribution in [2.45, 2.75) is 64.2 Å². The van der Waals surface area contributed by atoms with E-state index in [1.165, 1.54) is 76.4 Å². The van der Waals surface area contributed by atoms with E-state index < -0.39 is 0 Å². The molecule has 0 saturated carbocycles. The lowest BCUT2D eigenvalue weighted by molar-refractivity contribution is 0.490. The zero-order valence-corrected chi connectivity index (χ0v) is 35.6. The second-order valence-corrected chi connectivity index (χ2v) is 18.3. The van der Waals surface area contributed by atoms with Crippen LogP contribution in [-0.4, -0.2) is 9.97 Å². The van der Waals surface area contributed by atoms with E-state index in [0.717, 1.165) is 52.4 Å². The molecule has 11 rings (SSSR count). The standard InChI is InChI=1S/C54H45N3S2/c1-5-53(6-2)43-30-34(51-55-47-18-12-14-20-49(47)58-51)22-26-39(43)41-28-24-37(32-45(41)53)57(36-16-10-9-11-17-36)38-25-29-42-40-27-23-35(52-56-48-19-13-15-21-50(48)59-52)31-44(40)54(7-3,8-4)46(42)33-38/h9-33H,5-8H2,1-4H3. The van der Waals surface area contributed by atoms with Gasteiger partial charge >= 0.3 is 0 Å². The first kappa shape index (κ1) is 36.2. The molecular formula is C54H45N3S2. The number of anilines is 3. The summed E-state index contributed by atoms with van der Waals surface area (Å²) in [5.74, 6) is 0. The van der Waals surface area contributed by atoms with Gasteiger partial charge in [-0.2, -0.15) is 0 Å². The number of benzene rings is 7. The molecule has 2 aliphatic rings. The summed E-state index contributed by atoms with van der Waals surface area (Å²) in [6, 6.07) is 56.5. The van der Waals surface area contributed by atoms with Gasteiger partial charge in [0, 0.05) is 39.0 Å². The van der Waals surface area contributed by atoms with E-state index in [1.54, 1.807) is 22.7 Å². The molecule has 7 aromatic carbocycles. The second kappa shape index (κ2) is 13.9. The predicted molar refractivity (Wildman–Crippen MR) is 252 cm³/mol. The first-order valence-corrected chi connectivity index (χ1v) is 22.8. The van der Waals surface area contributed by atoms with Crippen LogP contribution in [0.15, 0.2) is 152 Å². The number of aromatic nitrogens is 2. The minimum Gasteiger partial charge on any atom is -0.310 e. The van der Waals surface area contributed by atoms with Crippen LogP contribution in [0.2, 0.25) is 0 Å². The van der Waals surface area contributed by atoms with E-state index in [2.05, 4.69) is 184 Å². The summed E-state index contributed by atoms with van der Waals surface area (Å²) in [5, 5.41) is 2.17. The number of hydrogen-bond acceptors (Lipinski definition) is 5. The SMILES string of the molecule is CCC1(CC)c2cc(-c3nc4ccccc4s3)ccc2-c2ccc(N(c3ccccc3)c3ccc4c(c3)C(CC)(CC)c3cc(-c5nc6ccccc6s5)ccc3-4)cc21. The third-order valence-electron chi connectivity index (χ3n) is 13.7. The summed E-state index contributed by atoms with van der Waals surface area (Å²) < 4.78 is 2.46.